The van der Waals surface area contributed by atoms with Gasteiger partial charge in [-0.25, -0.2) is 16.8 Å². The van der Waals surface area contributed by atoms with Crippen molar-refractivity contribution >= 4 is 31.0 Å². The molecule has 0 aromatic carbocycles. The van der Waals surface area contributed by atoms with Gasteiger partial charge in [-0.2, -0.15) is 0 Å². The molecule has 1 aliphatic heterocycles. The minimum atomic E-state index is -3.59. The van der Waals surface area contributed by atoms with Crippen LogP contribution in [0.15, 0.2) is 21.7 Å². The lowest BCUT2D eigenvalue weighted by molar-refractivity contribution is 0.483. The van der Waals surface area contributed by atoms with Crippen LogP contribution < -0.4 is 5.32 Å². The van der Waals surface area contributed by atoms with Gasteiger partial charge in [-0.3, -0.25) is 0 Å². The van der Waals surface area contributed by atoms with Crippen molar-refractivity contribution in [2.24, 2.45) is 5.92 Å². The predicted molar refractivity (Wildman–Crippen MR) is 85.2 cm³/mol. The summed E-state index contributed by atoms with van der Waals surface area (Å²) in [7, 11) is -6.90. The second kappa shape index (κ2) is 6.36. The summed E-state index contributed by atoms with van der Waals surface area (Å²) in [4.78, 5) is 0. The largest absolute Gasteiger partial charge is 0.312 e. The summed E-state index contributed by atoms with van der Waals surface area (Å²) >= 11 is 1.14. The van der Waals surface area contributed by atoms with Crippen molar-refractivity contribution in [1.82, 2.24) is 5.32 Å². The van der Waals surface area contributed by atoms with E-state index in [4.69, 9.17) is 0 Å². The number of sulfone groups is 2. The topological polar surface area (TPSA) is 80.3 Å². The van der Waals surface area contributed by atoms with Crippen molar-refractivity contribution in [2.45, 2.75) is 35.8 Å². The number of thiophene rings is 1. The molecule has 1 aromatic heterocycles. The maximum Gasteiger partial charge on any atom is 0.193 e. The molecule has 1 aromatic rings. The molecule has 1 N–H and O–H groups in total. The van der Waals surface area contributed by atoms with Gasteiger partial charge in [0.15, 0.2) is 19.7 Å². The normalized spacial score (nSPS) is 25.5. The first kappa shape index (κ1) is 16.9. The van der Waals surface area contributed by atoms with Crippen LogP contribution >= 0.6 is 11.3 Å². The van der Waals surface area contributed by atoms with E-state index >= 15 is 0 Å². The number of nitrogens with one attached hydrogen (secondary N) is 1. The van der Waals surface area contributed by atoms with Crippen LogP contribution in [-0.2, 0) is 19.7 Å². The minimum Gasteiger partial charge on any atom is -0.312 e. The molecule has 120 valence electrons. The fourth-order valence-corrected chi connectivity index (χ4v) is 8.38. The molecule has 0 bridgehead atoms. The van der Waals surface area contributed by atoms with Crippen molar-refractivity contribution < 1.29 is 16.8 Å². The molecule has 1 fully saturated rings. The molecule has 0 saturated carbocycles. The molecular formula is C13H21NO4S3. The van der Waals surface area contributed by atoms with E-state index in [1.54, 1.807) is 11.4 Å². The highest BCUT2D eigenvalue weighted by Gasteiger charge is 2.45. The average Bonchev–Trinajstić information content (AvgIpc) is 2.96. The molecule has 5 nitrogen and oxygen atoms in total. The molecule has 8 heteroatoms. The Morgan fingerprint density at radius 2 is 2.10 bits per heavy atom. The van der Waals surface area contributed by atoms with Crippen LogP contribution in [0.5, 0.6) is 0 Å². The standard InChI is InChI=1S/C13H21NO4S3/c1-10(2)5-6-14-11-8-20(15,16)9-12(11)21(17,18)13-4-3-7-19-13/h3-4,7,10-12,14H,5-6,8-9H2,1-2H3/t11-,12-/m0/s1. The number of rotatable bonds is 6. The Kier molecular flexibility index (Phi) is 5.12. The zero-order chi connectivity index (χ0) is 15.7. The Labute approximate surface area is 130 Å². The fourth-order valence-electron chi connectivity index (χ4n) is 2.44. The average molecular weight is 352 g/mol. The van der Waals surface area contributed by atoms with Gasteiger partial charge in [0.2, 0.25) is 0 Å². The molecule has 21 heavy (non-hydrogen) atoms. The summed E-state index contributed by atoms with van der Waals surface area (Å²) in [6, 6.07) is 2.69. The molecule has 0 unspecified atom stereocenters. The Hall–Kier alpha value is -0.440. The molecule has 0 radical (unpaired) electrons. The van der Waals surface area contributed by atoms with Crippen molar-refractivity contribution in [3.05, 3.63) is 17.5 Å². The van der Waals surface area contributed by atoms with Crippen LogP contribution in [0.3, 0.4) is 0 Å². The van der Waals surface area contributed by atoms with E-state index in [9.17, 15) is 16.8 Å². The summed E-state index contributed by atoms with van der Waals surface area (Å²) in [6.07, 6.45) is 0.891. The van der Waals surface area contributed by atoms with E-state index in [0.29, 0.717) is 12.5 Å². The van der Waals surface area contributed by atoms with Gasteiger partial charge < -0.3 is 5.32 Å². The van der Waals surface area contributed by atoms with E-state index in [2.05, 4.69) is 19.2 Å². The first-order valence-corrected chi connectivity index (χ1v) is 11.2. The molecule has 0 spiro atoms. The molecule has 1 saturated heterocycles. The first-order valence-electron chi connectivity index (χ1n) is 6.93. The van der Waals surface area contributed by atoms with Crippen LogP contribution in [0.25, 0.3) is 0 Å². The van der Waals surface area contributed by atoms with Gasteiger partial charge in [0.05, 0.1) is 16.8 Å². The second-order valence-electron chi connectivity index (χ2n) is 5.84. The van der Waals surface area contributed by atoms with Gasteiger partial charge in [-0.05, 0) is 30.3 Å². The van der Waals surface area contributed by atoms with Crippen LogP contribution in [0.1, 0.15) is 20.3 Å². The summed E-state index contributed by atoms with van der Waals surface area (Å²) in [6.45, 7) is 4.79. The zero-order valence-corrected chi connectivity index (χ0v) is 14.6. The lowest BCUT2D eigenvalue weighted by atomic mass is 10.1. The van der Waals surface area contributed by atoms with Crippen molar-refractivity contribution in [3.63, 3.8) is 0 Å². The minimum absolute atomic E-state index is 0.0969. The maximum absolute atomic E-state index is 12.6. The van der Waals surface area contributed by atoms with Crippen molar-refractivity contribution in [1.29, 1.82) is 0 Å². The molecule has 2 heterocycles. The molecule has 0 aliphatic carbocycles. The van der Waals surface area contributed by atoms with Gasteiger partial charge in [0.25, 0.3) is 0 Å². The summed E-state index contributed by atoms with van der Waals surface area (Å²) < 4.78 is 49.2. The first-order chi connectivity index (χ1) is 9.72. The van der Waals surface area contributed by atoms with Gasteiger partial charge >= 0.3 is 0 Å². The zero-order valence-electron chi connectivity index (χ0n) is 12.2. The predicted octanol–water partition coefficient (Wildman–Crippen LogP) is 1.32. The number of hydrogen-bond donors (Lipinski definition) is 1. The molecule has 1 aliphatic rings. The fraction of sp³-hybridized carbons (Fsp3) is 0.692. The van der Waals surface area contributed by atoms with Gasteiger partial charge in [-0.1, -0.05) is 19.9 Å². The van der Waals surface area contributed by atoms with Crippen LogP contribution in [0.2, 0.25) is 0 Å². The summed E-state index contributed by atoms with van der Waals surface area (Å²) in [5.41, 5.74) is 0. The lowest BCUT2D eigenvalue weighted by Gasteiger charge is -2.19. The third-order valence-electron chi connectivity index (χ3n) is 3.60. The van der Waals surface area contributed by atoms with E-state index in [1.807, 2.05) is 0 Å². The monoisotopic (exact) mass is 351 g/mol. The Balaban J connectivity index is 2.19. The van der Waals surface area contributed by atoms with Gasteiger partial charge in [0.1, 0.15) is 4.21 Å². The van der Waals surface area contributed by atoms with E-state index in [-0.39, 0.29) is 15.7 Å². The highest BCUT2D eigenvalue weighted by Crippen LogP contribution is 2.28. The maximum atomic E-state index is 12.6. The smallest absolute Gasteiger partial charge is 0.193 e. The van der Waals surface area contributed by atoms with Crippen LogP contribution in [0, 0.1) is 5.92 Å². The Bertz CT molecular complexity index is 662. The van der Waals surface area contributed by atoms with E-state index < -0.39 is 31.0 Å². The lowest BCUT2D eigenvalue weighted by Crippen LogP contribution is -2.43. The Morgan fingerprint density at radius 3 is 2.67 bits per heavy atom. The number of hydrogen-bond acceptors (Lipinski definition) is 6. The summed E-state index contributed by atoms with van der Waals surface area (Å²) in [5.74, 6) is 0.107. The Morgan fingerprint density at radius 1 is 1.38 bits per heavy atom. The van der Waals surface area contributed by atoms with Gasteiger partial charge in [0, 0.05) is 6.04 Å². The second-order valence-corrected chi connectivity index (χ2v) is 11.3. The van der Waals surface area contributed by atoms with Crippen LogP contribution in [-0.4, -0.2) is 46.2 Å². The highest BCUT2D eigenvalue weighted by molar-refractivity contribution is 7.97. The molecule has 2 atom stereocenters. The van der Waals surface area contributed by atoms with Crippen LogP contribution in [0.4, 0.5) is 0 Å². The van der Waals surface area contributed by atoms with Gasteiger partial charge in [-0.15, -0.1) is 11.3 Å². The van der Waals surface area contributed by atoms with Crippen molar-refractivity contribution in [3.8, 4) is 0 Å². The van der Waals surface area contributed by atoms with Crippen molar-refractivity contribution in [2.75, 3.05) is 18.1 Å². The summed E-state index contributed by atoms with van der Waals surface area (Å²) in [5, 5.41) is 3.94. The third-order valence-corrected chi connectivity index (χ3v) is 9.18. The SMILES string of the molecule is CC(C)CCN[C@H]1CS(=O)(=O)C[C@@H]1S(=O)(=O)c1cccs1. The highest BCUT2D eigenvalue weighted by atomic mass is 32.2. The molecular weight excluding hydrogens is 330 g/mol. The molecule has 0 amide bonds. The van der Waals surface area contributed by atoms with E-state index in [1.165, 1.54) is 6.07 Å². The third kappa shape index (κ3) is 4.06. The van der Waals surface area contributed by atoms with E-state index in [0.717, 1.165) is 17.8 Å². The molecule has 2 rings (SSSR count). The quantitative estimate of drug-likeness (QED) is 0.836.